The number of nitrogens with zero attached hydrogens (tertiary/aromatic N) is 8. The molecule has 6 aromatic rings. The number of para-hydroxylation sites is 1. The fourth-order valence-electron chi connectivity index (χ4n) is 6.14. The molecule has 0 saturated carbocycles. The number of carbonyl (C=O) groups excluding carboxylic acids is 3. The van der Waals surface area contributed by atoms with Gasteiger partial charge in [0.1, 0.15) is 28.9 Å². The fourth-order valence-corrected chi connectivity index (χ4v) is 6.14. The predicted octanol–water partition coefficient (Wildman–Crippen LogP) is 5.60. The van der Waals surface area contributed by atoms with Crippen LogP contribution in [0, 0.1) is 13.8 Å². The first-order valence-corrected chi connectivity index (χ1v) is 17.5. The number of aromatic nitrogens is 8. The van der Waals surface area contributed by atoms with Crippen molar-refractivity contribution in [3.63, 3.8) is 0 Å². The average Bonchev–Trinajstić information content (AvgIpc) is 3.89. The van der Waals surface area contributed by atoms with Crippen molar-refractivity contribution in [3.8, 4) is 5.75 Å². The quantitative estimate of drug-likeness (QED) is 0.0959. The summed E-state index contributed by atoms with van der Waals surface area (Å²) < 4.78 is 13.4. The van der Waals surface area contributed by atoms with Crippen molar-refractivity contribution < 1.29 is 19.1 Å². The van der Waals surface area contributed by atoms with Crippen LogP contribution in [0.15, 0.2) is 48.5 Å². The average molecular weight is 710 g/mol. The molecule has 15 nitrogen and oxygen atoms in total. The Morgan fingerprint density at radius 3 is 1.90 bits per heavy atom. The van der Waals surface area contributed by atoms with Gasteiger partial charge in [0.05, 0.1) is 34.0 Å². The van der Waals surface area contributed by atoms with Crippen LogP contribution in [0.1, 0.15) is 83.3 Å². The highest BCUT2D eigenvalue weighted by atomic mass is 16.5. The third-order valence-electron chi connectivity index (χ3n) is 8.35. The zero-order valence-corrected chi connectivity index (χ0v) is 30.8. The van der Waals surface area contributed by atoms with E-state index < -0.39 is 0 Å². The Labute approximate surface area is 302 Å². The van der Waals surface area contributed by atoms with Gasteiger partial charge in [-0.2, -0.15) is 10.2 Å². The van der Waals surface area contributed by atoms with Crippen molar-refractivity contribution in [2.45, 2.75) is 86.7 Å². The summed E-state index contributed by atoms with van der Waals surface area (Å²) >= 11 is 0. The van der Waals surface area contributed by atoms with Crippen molar-refractivity contribution in [3.05, 3.63) is 76.9 Å². The van der Waals surface area contributed by atoms with E-state index in [1.807, 2.05) is 74.9 Å². The van der Waals surface area contributed by atoms with Crippen LogP contribution in [0.4, 0.5) is 11.9 Å². The number of amides is 2. The van der Waals surface area contributed by atoms with Crippen molar-refractivity contribution >= 4 is 52.1 Å². The molecule has 15 heteroatoms. The molecular formula is C37H47N11O4. The molecule has 0 aliphatic carbocycles. The van der Waals surface area contributed by atoms with Crippen molar-refractivity contribution in [2.24, 2.45) is 5.73 Å². The second kappa shape index (κ2) is 16.5. The van der Waals surface area contributed by atoms with E-state index in [0.717, 1.165) is 28.7 Å². The maximum Gasteiger partial charge on any atom is 0.276 e. The number of aldehydes is 1. The normalized spacial score (nSPS) is 11.2. The highest BCUT2D eigenvalue weighted by molar-refractivity contribution is 6.04. The van der Waals surface area contributed by atoms with E-state index in [4.69, 9.17) is 14.7 Å². The molecule has 52 heavy (non-hydrogen) atoms. The lowest BCUT2D eigenvalue weighted by Gasteiger charge is -2.13. The van der Waals surface area contributed by atoms with Crippen LogP contribution in [-0.2, 0) is 26.2 Å². The largest absolute Gasteiger partial charge is 0.489 e. The van der Waals surface area contributed by atoms with Crippen LogP contribution < -0.4 is 21.1 Å². The number of hydrogen-bond donors (Lipinski definition) is 3. The topological polar surface area (TPSA) is 182 Å². The summed E-state index contributed by atoms with van der Waals surface area (Å²) in [6.07, 6.45) is 2.13. The van der Waals surface area contributed by atoms with Gasteiger partial charge in [-0.05, 0) is 104 Å². The van der Waals surface area contributed by atoms with E-state index in [1.54, 1.807) is 33.6 Å². The van der Waals surface area contributed by atoms with E-state index in [9.17, 15) is 14.4 Å². The number of unbranched alkanes of at least 4 members (excludes halogenated alkanes) is 1. The molecule has 4 heterocycles. The maximum atomic E-state index is 13.5. The number of hydrogen-bond acceptors (Lipinski definition) is 9. The van der Waals surface area contributed by atoms with Crippen LogP contribution in [0.5, 0.6) is 5.75 Å². The third kappa shape index (κ3) is 7.89. The molecule has 6 rings (SSSR count). The zero-order chi connectivity index (χ0) is 37.5. The number of aryl methyl sites for hydroxylation is 6. The van der Waals surface area contributed by atoms with Crippen LogP contribution in [0.2, 0.25) is 0 Å². The van der Waals surface area contributed by atoms with Crippen molar-refractivity contribution in [2.75, 3.05) is 17.7 Å². The number of fused-ring (bicyclic) bond motifs is 2. The fraction of sp³-hybridized carbons (Fsp3) is 0.378. The number of rotatable bonds is 14. The number of anilines is 2. The lowest BCUT2D eigenvalue weighted by atomic mass is 10.2. The monoisotopic (exact) mass is 709 g/mol. The third-order valence-corrected chi connectivity index (χ3v) is 8.35. The van der Waals surface area contributed by atoms with E-state index in [-0.39, 0.29) is 17.9 Å². The van der Waals surface area contributed by atoms with Crippen LogP contribution in [0.3, 0.4) is 0 Å². The molecule has 0 aliphatic heterocycles. The van der Waals surface area contributed by atoms with Crippen molar-refractivity contribution in [1.82, 2.24) is 38.7 Å². The molecule has 0 atom stereocenters. The lowest BCUT2D eigenvalue weighted by Crippen LogP contribution is -2.20. The Morgan fingerprint density at radius 2 is 1.37 bits per heavy atom. The van der Waals surface area contributed by atoms with E-state index in [2.05, 4.69) is 26.6 Å². The van der Waals surface area contributed by atoms with Gasteiger partial charge >= 0.3 is 0 Å². The number of carbonyl (C=O) groups is 3. The molecule has 0 bridgehead atoms. The number of imidazole rings is 2. The minimum atomic E-state index is -0.316. The Bertz CT molecular complexity index is 2210. The summed E-state index contributed by atoms with van der Waals surface area (Å²) in [5.41, 5.74) is 10.3. The van der Waals surface area contributed by atoms with E-state index in [0.29, 0.717) is 84.7 Å². The van der Waals surface area contributed by atoms with Gasteiger partial charge in [-0.1, -0.05) is 6.07 Å². The van der Waals surface area contributed by atoms with Crippen molar-refractivity contribution in [1.29, 1.82) is 0 Å². The number of ether oxygens (including phenoxy) is 1. The first-order valence-electron chi connectivity index (χ1n) is 17.5. The Balaban J connectivity index is 0.00000257. The molecule has 2 amide bonds. The molecule has 0 unspecified atom stereocenters. The molecule has 4 aromatic heterocycles. The standard InChI is InChI=1S/C36H42N10O4.CH5N/c1-7-45-29(18-23(5)41-45)33(48)39-35-37-26-20-25(21-47)14-15-27(26)43(35)16-9-10-17-44-28-12-11-13-31(50-22(3)4)32(28)38-36(44)40-34(49)30-19-24(6)42-46(30)8-2;1-2/h11-15,18-22H,7-10,16-17H2,1-6H3,(H,37,39,48)(H,38,40,49);2H2,1H3. The van der Waals surface area contributed by atoms with Crippen LogP contribution >= 0.6 is 0 Å². The Kier molecular flexibility index (Phi) is 11.8. The smallest absolute Gasteiger partial charge is 0.276 e. The summed E-state index contributed by atoms with van der Waals surface area (Å²) in [5.74, 6) is 0.824. The Morgan fingerprint density at radius 1 is 0.808 bits per heavy atom. The second-order valence-electron chi connectivity index (χ2n) is 12.4. The number of benzene rings is 2. The molecule has 0 saturated heterocycles. The highest BCUT2D eigenvalue weighted by Crippen LogP contribution is 2.30. The molecule has 2 aromatic carbocycles. The number of nitrogens with two attached hydrogens (primary N) is 1. The first-order chi connectivity index (χ1) is 25.1. The lowest BCUT2D eigenvalue weighted by molar-refractivity contribution is 0.100. The summed E-state index contributed by atoms with van der Waals surface area (Å²) in [6, 6.07) is 14.6. The van der Waals surface area contributed by atoms with Gasteiger partial charge in [0.25, 0.3) is 11.8 Å². The SMILES string of the molecule is CCn1nc(C)cc1C(=O)Nc1nc2cc(C=O)ccc2n1CCCCn1c(NC(=O)c2cc(C)nn2CC)nc2c(OC(C)C)cccc21.CN. The van der Waals surface area contributed by atoms with Gasteiger partial charge in [-0.15, -0.1) is 0 Å². The summed E-state index contributed by atoms with van der Waals surface area (Å²) in [6.45, 7) is 13.7. The van der Waals surface area contributed by atoms with Gasteiger partial charge in [-0.25, -0.2) is 9.97 Å². The molecule has 0 aliphatic rings. The van der Waals surface area contributed by atoms with Crippen LogP contribution in [-0.4, -0.2) is 69.9 Å². The number of nitrogens with one attached hydrogen (secondary N) is 2. The molecule has 0 fully saturated rings. The minimum absolute atomic E-state index is 0.0560. The molecule has 0 spiro atoms. The van der Waals surface area contributed by atoms with Gasteiger partial charge in [-0.3, -0.25) is 34.4 Å². The zero-order valence-electron chi connectivity index (χ0n) is 30.8. The molecular weight excluding hydrogens is 662 g/mol. The second-order valence-corrected chi connectivity index (χ2v) is 12.4. The molecule has 0 radical (unpaired) electrons. The summed E-state index contributed by atoms with van der Waals surface area (Å²) in [7, 11) is 1.50. The highest BCUT2D eigenvalue weighted by Gasteiger charge is 2.21. The molecule has 274 valence electrons. The summed E-state index contributed by atoms with van der Waals surface area (Å²) in [4.78, 5) is 48.0. The predicted molar refractivity (Wildman–Crippen MR) is 201 cm³/mol. The van der Waals surface area contributed by atoms with E-state index >= 15 is 0 Å². The Hall–Kier alpha value is -5.83. The first kappa shape index (κ1) is 37.4. The summed E-state index contributed by atoms with van der Waals surface area (Å²) in [5, 5.41) is 14.8. The van der Waals surface area contributed by atoms with Gasteiger partial charge < -0.3 is 19.6 Å². The minimum Gasteiger partial charge on any atom is -0.489 e. The van der Waals surface area contributed by atoms with Gasteiger partial charge in [0, 0.05) is 31.7 Å². The van der Waals surface area contributed by atoms with E-state index in [1.165, 1.54) is 7.05 Å². The van der Waals surface area contributed by atoms with Gasteiger partial charge in [0.15, 0.2) is 0 Å². The van der Waals surface area contributed by atoms with Gasteiger partial charge in [0.2, 0.25) is 11.9 Å². The van der Waals surface area contributed by atoms with Crippen LogP contribution in [0.25, 0.3) is 22.1 Å². The maximum absolute atomic E-state index is 13.5. The molecule has 4 N–H and O–H groups in total.